The van der Waals surface area contributed by atoms with E-state index in [4.69, 9.17) is 15.9 Å². The van der Waals surface area contributed by atoms with E-state index in [1.165, 1.54) is 6.92 Å². The van der Waals surface area contributed by atoms with Crippen LogP contribution in [0.4, 0.5) is 0 Å². The van der Waals surface area contributed by atoms with E-state index in [2.05, 4.69) is 0 Å². The van der Waals surface area contributed by atoms with Gasteiger partial charge in [-0.2, -0.15) is 0 Å². The molecule has 0 aromatic rings. The van der Waals surface area contributed by atoms with Crippen molar-refractivity contribution in [2.75, 3.05) is 0 Å². The number of carboxylic acid groups (broad SMARTS) is 1. The minimum atomic E-state index is -1.18. The van der Waals surface area contributed by atoms with Gasteiger partial charge < -0.3 is 15.9 Å². The van der Waals surface area contributed by atoms with Crippen LogP contribution in [0.15, 0.2) is 0 Å². The van der Waals surface area contributed by atoms with E-state index in [9.17, 15) is 4.79 Å². The van der Waals surface area contributed by atoms with Gasteiger partial charge in [-0.1, -0.05) is 0 Å². The fourth-order valence-corrected chi connectivity index (χ4v) is 0.206. The number of carbonyl (C=O) groups is 1. The molecule has 0 fully saturated rings. The summed E-state index contributed by atoms with van der Waals surface area (Å²) in [7, 11) is 0. The molecule has 0 heterocycles. The van der Waals surface area contributed by atoms with Crippen molar-refractivity contribution in [2.24, 2.45) is 5.73 Å². The van der Waals surface area contributed by atoms with Crippen LogP contribution in [-0.2, 0) is 21.9 Å². The first-order chi connectivity index (χ1) is 3.55. The standard InChI is InChI=1S/C4H9NO3.Cu/c1-2(6)3(5)4(7)8;/h2-3,6H,5H2,1H3,(H,7,8);. The van der Waals surface area contributed by atoms with Crippen LogP contribution in [0.3, 0.4) is 0 Å². The van der Waals surface area contributed by atoms with E-state index >= 15 is 0 Å². The van der Waals surface area contributed by atoms with Gasteiger partial charge in [0.1, 0.15) is 6.04 Å². The van der Waals surface area contributed by atoms with E-state index in [0.29, 0.717) is 0 Å². The van der Waals surface area contributed by atoms with Crippen molar-refractivity contribution >= 4 is 5.97 Å². The van der Waals surface area contributed by atoms with Crippen LogP contribution in [-0.4, -0.2) is 28.3 Å². The Hall–Kier alpha value is -0.0905. The predicted molar refractivity (Wildman–Crippen MR) is 27.3 cm³/mol. The Labute approximate surface area is 63.5 Å². The zero-order valence-corrected chi connectivity index (χ0v) is 5.78. The van der Waals surface area contributed by atoms with Crippen molar-refractivity contribution in [2.45, 2.75) is 19.1 Å². The second-order valence-electron chi connectivity index (χ2n) is 1.60. The number of carboxylic acids is 1. The van der Waals surface area contributed by atoms with E-state index < -0.39 is 18.1 Å². The van der Waals surface area contributed by atoms with E-state index in [0.717, 1.165) is 0 Å². The van der Waals surface area contributed by atoms with Crippen LogP contribution in [0.25, 0.3) is 0 Å². The number of hydrogen-bond acceptors (Lipinski definition) is 3. The summed E-state index contributed by atoms with van der Waals surface area (Å²) in [4.78, 5) is 9.86. The summed E-state index contributed by atoms with van der Waals surface area (Å²) < 4.78 is 0. The molecule has 5 heteroatoms. The molecule has 0 saturated carbocycles. The van der Waals surface area contributed by atoms with Gasteiger partial charge in [0.2, 0.25) is 0 Å². The monoisotopic (exact) mass is 182 g/mol. The number of aliphatic hydroxyl groups excluding tert-OH is 1. The van der Waals surface area contributed by atoms with Crippen LogP contribution in [0.1, 0.15) is 6.92 Å². The third kappa shape index (κ3) is 4.42. The smallest absolute Gasteiger partial charge is 0.323 e. The summed E-state index contributed by atoms with van der Waals surface area (Å²) in [5.74, 6) is -1.18. The summed E-state index contributed by atoms with van der Waals surface area (Å²) in [6, 6.07) is -1.16. The Morgan fingerprint density at radius 3 is 2.00 bits per heavy atom. The second-order valence-corrected chi connectivity index (χ2v) is 1.60. The minimum Gasteiger partial charge on any atom is -0.480 e. The maximum absolute atomic E-state index is 9.86. The Morgan fingerprint density at radius 1 is 1.67 bits per heavy atom. The van der Waals surface area contributed by atoms with Crippen LogP contribution >= 0.6 is 0 Å². The molecule has 2 unspecified atom stereocenters. The largest absolute Gasteiger partial charge is 0.480 e. The average molecular weight is 183 g/mol. The van der Waals surface area contributed by atoms with Gasteiger partial charge in [0.15, 0.2) is 0 Å². The maximum atomic E-state index is 9.86. The quantitative estimate of drug-likeness (QED) is 0.468. The first kappa shape index (κ1) is 11.7. The fourth-order valence-electron chi connectivity index (χ4n) is 0.206. The van der Waals surface area contributed by atoms with Crippen molar-refractivity contribution in [3.63, 3.8) is 0 Å². The van der Waals surface area contributed by atoms with E-state index in [1.807, 2.05) is 0 Å². The Kier molecular flexibility index (Phi) is 6.17. The van der Waals surface area contributed by atoms with Gasteiger partial charge in [0.25, 0.3) is 0 Å². The molecule has 0 saturated heterocycles. The molecule has 4 N–H and O–H groups in total. The van der Waals surface area contributed by atoms with E-state index in [-0.39, 0.29) is 17.1 Å². The molecule has 59 valence electrons. The SMILES string of the molecule is CC(O)C(N)C(=O)O.[Cu]. The van der Waals surface area contributed by atoms with Gasteiger partial charge in [-0.05, 0) is 6.92 Å². The van der Waals surface area contributed by atoms with Crippen molar-refractivity contribution in [3.8, 4) is 0 Å². The number of aliphatic carboxylic acids is 1. The summed E-state index contributed by atoms with van der Waals surface area (Å²) in [6.45, 7) is 1.33. The number of nitrogens with two attached hydrogens (primary N) is 1. The molecule has 0 amide bonds. The zero-order chi connectivity index (χ0) is 6.73. The summed E-state index contributed by atoms with van der Waals surface area (Å²) >= 11 is 0. The van der Waals surface area contributed by atoms with Crippen molar-refractivity contribution < 1.29 is 32.1 Å². The van der Waals surface area contributed by atoms with Crippen LogP contribution in [0.5, 0.6) is 0 Å². The molecule has 0 spiro atoms. The molecule has 0 rings (SSSR count). The molecule has 0 aliphatic heterocycles. The predicted octanol–water partition coefficient (Wildman–Crippen LogP) is -1.22. The van der Waals surface area contributed by atoms with Crippen LogP contribution in [0.2, 0.25) is 0 Å². The molecule has 2 atom stereocenters. The van der Waals surface area contributed by atoms with Crippen molar-refractivity contribution in [3.05, 3.63) is 0 Å². The molecule has 0 aliphatic rings. The van der Waals surface area contributed by atoms with Gasteiger partial charge in [-0.15, -0.1) is 0 Å². The third-order valence-corrected chi connectivity index (χ3v) is 0.805. The Morgan fingerprint density at radius 2 is 2.00 bits per heavy atom. The summed E-state index contributed by atoms with van der Waals surface area (Å²) in [6.07, 6.45) is -0.979. The normalized spacial score (nSPS) is 15.4. The van der Waals surface area contributed by atoms with Crippen LogP contribution < -0.4 is 5.73 Å². The number of rotatable bonds is 2. The average Bonchev–Trinajstić information content (AvgIpc) is 1.64. The number of aliphatic hydroxyl groups is 1. The van der Waals surface area contributed by atoms with Gasteiger partial charge >= 0.3 is 5.97 Å². The molecule has 0 bridgehead atoms. The number of hydrogen-bond donors (Lipinski definition) is 3. The van der Waals surface area contributed by atoms with Gasteiger partial charge in [0.05, 0.1) is 6.10 Å². The maximum Gasteiger partial charge on any atom is 0.323 e. The van der Waals surface area contributed by atoms with Gasteiger partial charge in [0, 0.05) is 17.1 Å². The molecule has 0 aromatic carbocycles. The minimum absolute atomic E-state index is 0. The molecule has 1 radical (unpaired) electrons. The van der Waals surface area contributed by atoms with Crippen molar-refractivity contribution in [1.82, 2.24) is 0 Å². The topological polar surface area (TPSA) is 83.5 Å². The molecular formula is C4H9CuNO3. The second kappa shape index (κ2) is 4.76. The first-order valence-corrected chi connectivity index (χ1v) is 2.22. The van der Waals surface area contributed by atoms with Gasteiger partial charge in [-0.25, -0.2) is 0 Å². The third-order valence-electron chi connectivity index (χ3n) is 0.805. The molecule has 9 heavy (non-hydrogen) atoms. The summed E-state index contributed by atoms with van der Waals surface area (Å²) in [5.41, 5.74) is 4.91. The van der Waals surface area contributed by atoms with Gasteiger partial charge in [-0.3, -0.25) is 4.79 Å². The molecular weight excluding hydrogens is 174 g/mol. The van der Waals surface area contributed by atoms with Crippen LogP contribution in [0, 0.1) is 0 Å². The molecule has 0 aromatic heterocycles. The van der Waals surface area contributed by atoms with Crippen molar-refractivity contribution in [1.29, 1.82) is 0 Å². The Balaban J connectivity index is 0. The zero-order valence-electron chi connectivity index (χ0n) is 4.84. The van der Waals surface area contributed by atoms with E-state index in [1.54, 1.807) is 0 Å². The molecule has 0 aliphatic carbocycles. The molecule has 4 nitrogen and oxygen atoms in total. The Bertz CT molecular complexity index is 95.8. The summed E-state index contributed by atoms with van der Waals surface area (Å²) in [5, 5.41) is 16.6. The fraction of sp³-hybridized carbons (Fsp3) is 0.750. The first-order valence-electron chi connectivity index (χ1n) is 2.22.